The molecular weight excluding hydrogens is 408 g/mol. The third-order valence-electron chi connectivity index (χ3n) is 3.59. The summed E-state index contributed by atoms with van der Waals surface area (Å²) in [5, 5.41) is 0. The summed E-state index contributed by atoms with van der Waals surface area (Å²) in [4.78, 5) is 2.55. The Morgan fingerprint density at radius 3 is 2.65 bits per heavy atom. The van der Waals surface area contributed by atoms with Gasteiger partial charge in [0.05, 0.1) is 4.90 Å². The van der Waals surface area contributed by atoms with Gasteiger partial charge in [-0.2, -0.15) is 0 Å². The Morgan fingerprint density at radius 2 is 2.10 bits per heavy atom. The van der Waals surface area contributed by atoms with E-state index in [2.05, 4.69) is 43.8 Å². The lowest BCUT2D eigenvalue weighted by Crippen LogP contribution is -2.33. The second-order valence-corrected chi connectivity index (χ2v) is 9.06. The Balaban J connectivity index is 2.17. The van der Waals surface area contributed by atoms with Crippen LogP contribution in [-0.2, 0) is 10.0 Å². The summed E-state index contributed by atoms with van der Waals surface area (Å²) < 4.78 is 28.1. The van der Waals surface area contributed by atoms with E-state index in [-0.39, 0.29) is 0 Å². The lowest BCUT2D eigenvalue weighted by molar-refractivity contribution is 0.356. The van der Waals surface area contributed by atoms with Gasteiger partial charge in [0.2, 0.25) is 10.0 Å². The van der Waals surface area contributed by atoms with Gasteiger partial charge >= 0.3 is 0 Å². The molecule has 0 spiro atoms. The molecular formula is C13H18Br2N2O2S. The van der Waals surface area contributed by atoms with Gasteiger partial charge < -0.3 is 4.90 Å². The van der Waals surface area contributed by atoms with Gasteiger partial charge in [-0.15, -0.1) is 0 Å². The molecule has 0 N–H and O–H groups in total. The fourth-order valence-corrected chi connectivity index (χ4v) is 5.44. The first-order valence-corrected chi connectivity index (χ1v) is 9.43. The molecule has 0 amide bonds. The third kappa shape index (κ3) is 3.62. The zero-order valence-corrected chi connectivity index (χ0v) is 15.5. The third-order valence-corrected chi connectivity index (χ3v) is 6.88. The fourth-order valence-electron chi connectivity index (χ4n) is 2.49. The standard InChI is InChI=1S/C13H18Br2N2O2S/c1-16-6-5-10(8-16)9-17(2)20(18,19)13-4-3-11(14)7-12(13)15/h3-4,7,10H,5-6,8-9H2,1-2H3. The van der Waals surface area contributed by atoms with Gasteiger partial charge in [0.25, 0.3) is 0 Å². The molecule has 0 radical (unpaired) electrons. The quantitative estimate of drug-likeness (QED) is 0.744. The maximum absolute atomic E-state index is 12.6. The molecule has 1 aromatic carbocycles. The molecule has 1 unspecified atom stereocenters. The highest BCUT2D eigenvalue weighted by atomic mass is 79.9. The van der Waals surface area contributed by atoms with Crippen LogP contribution in [0.1, 0.15) is 6.42 Å². The van der Waals surface area contributed by atoms with Crippen molar-refractivity contribution < 1.29 is 8.42 Å². The Bertz CT molecular complexity index is 592. The van der Waals surface area contributed by atoms with Crippen LogP contribution in [0.15, 0.2) is 32.0 Å². The van der Waals surface area contributed by atoms with Crippen molar-refractivity contribution in [2.45, 2.75) is 11.3 Å². The van der Waals surface area contributed by atoms with Gasteiger partial charge in [-0.05, 0) is 60.1 Å². The number of nitrogens with zero attached hydrogens (tertiary/aromatic N) is 2. The Hall–Kier alpha value is 0.0500. The minimum Gasteiger partial charge on any atom is -0.306 e. The predicted molar refractivity (Wildman–Crippen MR) is 87.3 cm³/mol. The van der Waals surface area contributed by atoms with Gasteiger partial charge in [-0.25, -0.2) is 12.7 Å². The molecule has 0 saturated carbocycles. The van der Waals surface area contributed by atoms with E-state index in [0.29, 0.717) is 21.8 Å². The number of halogens is 2. The normalized spacial score (nSPS) is 20.8. The van der Waals surface area contributed by atoms with Crippen molar-refractivity contribution in [1.82, 2.24) is 9.21 Å². The van der Waals surface area contributed by atoms with E-state index in [9.17, 15) is 8.42 Å². The van der Waals surface area contributed by atoms with Crippen molar-refractivity contribution in [3.63, 3.8) is 0 Å². The summed E-state index contributed by atoms with van der Waals surface area (Å²) in [6.07, 6.45) is 1.05. The molecule has 0 aliphatic carbocycles. The summed E-state index contributed by atoms with van der Waals surface area (Å²) in [5.41, 5.74) is 0. The average molecular weight is 426 g/mol. The van der Waals surface area contributed by atoms with Crippen molar-refractivity contribution in [3.8, 4) is 0 Å². The van der Waals surface area contributed by atoms with Crippen LogP contribution >= 0.6 is 31.9 Å². The zero-order chi connectivity index (χ0) is 14.9. The summed E-state index contributed by atoms with van der Waals surface area (Å²) >= 11 is 6.66. The Labute approximate surface area is 137 Å². The van der Waals surface area contributed by atoms with Gasteiger partial charge in [0, 0.05) is 29.1 Å². The van der Waals surface area contributed by atoms with Crippen molar-refractivity contribution in [2.24, 2.45) is 5.92 Å². The lowest BCUT2D eigenvalue weighted by atomic mass is 10.1. The van der Waals surface area contributed by atoms with E-state index in [0.717, 1.165) is 24.0 Å². The Kier molecular flexibility index (Phi) is 5.29. The smallest absolute Gasteiger partial charge is 0.243 e. The van der Waals surface area contributed by atoms with E-state index in [1.54, 1.807) is 25.2 Å². The van der Waals surface area contributed by atoms with Crippen LogP contribution < -0.4 is 0 Å². The van der Waals surface area contributed by atoms with Crippen LogP contribution in [0, 0.1) is 5.92 Å². The molecule has 1 fully saturated rings. The SMILES string of the molecule is CN1CCC(CN(C)S(=O)(=O)c2ccc(Br)cc2Br)C1. The Morgan fingerprint density at radius 1 is 1.40 bits per heavy atom. The average Bonchev–Trinajstić information content (AvgIpc) is 2.74. The maximum atomic E-state index is 12.6. The molecule has 0 bridgehead atoms. The molecule has 0 aromatic heterocycles. The number of likely N-dealkylation sites (tertiary alicyclic amines) is 1. The monoisotopic (exact) mass is 424 g/mol. The van der Waals surface area contributed by atoms with Gasteiger partial charge in [-0.1, -0.05) is 15.9 Å². The van der Waals surface area contributed by atoms with Crippen LogP contribution in [-0.4, -0.2) is 51.4 Å². The van der Waals surface area contributed by atoms with Crippen LogP contribution in [0.4, 0.5) is 0 Å². The summed E-state index contributed by atoms with van der Waals surface area (Å²) in [5.74, 6) is 0.411. The summed E-state index contributed by atoms with van der Waals surface area (Å²) in [7, 11) is 0.280. The van der Waals surface area contributed by atoms with Crippen molar-refractivity contribution >= 4 is 41.9 Å². The van der Waals surface area contributed by atoms with Crippen molar-refractivity contribution in [3.05, 3.63) is 27.1 Å². The first-order valence-electron chi connectivity index (χ1n) is 6.40. The minimum absolute atomic E-state index is 0.314. The van der Waals surface area contributed by atoms with Gasteiger partial charge in [0.15, 0.2) is 0 Å². The molecule has 1 heterocycles. The number of rotatable bonds is 4. The molecule has 7 heteroatoms. The van der Waals surface area contributed by atoms with E-state index in [1.165, 1.54) is 4.31 Å². The summed E-state index contributed by atoms with van der Waals surface area (Å²) in [6, 6.07) is 5.12. The predicted octanol–water partition coefficient (Wildman–Crippen LogP) is 2.78. The molecule has 2 rings (SSSR count). The van der Waals surface area contributed by atoms with Crippen LogP contribution in [0.25, 0.3) is 0 Å². The van der Waals surface area contributed by atoms with E-state index >= 15 is 0 Å². The summed E-state index contributed by atoms with van der Waals surface area (Å²) in [6.45, 7) is 2.57. The van der Waals surface area contributed by atoms with E-state index < -0.39 is 10.0 Å². The van der Waals surface area contributed by atoms with Crippen molar-refractivity contribution in [2.75, 3.05) is 33.7 Å². The topological polar surface area (TPSA) is 40.6 Å². The number of hydrogen-bond acceptors (Lipinski definition) is 3. The minimum atomic E-state index is -3.44. The van der Waals surface area contributed by atoms with Crippen molar-refractivity contribution in [1.29, 1.82) is 0 Å². The first kappa shape index (κ1) is 16.4. The molecule has 20 heavy (non-hydrogen) atoms. The molecule has 1 aliphatic heterocycles. The van der Waals surface area contributed by atoms with Gasteiger partial charge in [0.1, 0.15) is 0 Å². The molecule has 1 atom stereocenters. The fraction of sp³-hybridized carbons (Fsp3) is 0.538. The van der Waals surface area contributed by atoms with E-state index in [1.807, 2.05) is 0 Å². The molecule has 1 saturated heterocycles. The molecule has 1 aliphatic rings. The second kappa shape index (κ2) is 6.44. The first-order chi connectivity index (χ1) is 9.30. The maximum Gasteiger partial charge on any atom is 0.243 e. The van der Waals surface area contributed by atoms with Crippen LogP contribution in [0.5, 0.6) is 0 Å². The largest absolute Gasteiger partial charge is 0.306 e. The van der Waals surface area contributed by atoms with Gasteiger partial charge in [-0.3, -0.25) is 0 Å². The van der Waals surface area contributed by atoms with Crippen LogP contribution in [0.2, 0.25) is 0 Å². The molecule has 4 nitrogen and oxygen atoms in total. The molecule has 112 valence electrons. The highest BCUT2D eigenvalue weighted by molar-refractivity contribution is 9.11. The highest BCUT2D eigenvalue weighted by Gasteiger charge is 2.28. The highest BCUT2D eigenvalue weighted by Crippen LogP contribution is 2.28. The number of sulfonamides is 1. The zero-order valence-electron chi connectivity index (χ0n) is 11.5. The van der Waals surface area contributed by atoms with Crippen LogP contribution in [0.3, 0.4) is 0 Å². The molecule has 1 aromatic rings. The number of benzene rings is 1. The number of hydrogen-bond donors (Lipinski definition) is 0. The second-order valence-electron chi connectivity index (χ2n) is 5.28. The lowest BCUT2D eigenvalue weighted by Gasteiger charge is -2.21. The van der Waals surface area contributed by atoms with E-state index in [4.69, 9.17) is 0 Å².